The molecule has 4 aromatic heterocycles. The minimum atomic E-state index is 0.453. The number of fused-ring (bicyclic) bond motifs is 2. The van der Waals surface area contributed by atoms with Gasteiger partial charge in [-0.05, 0) is 49.2 Å². The second-order valence-electron chi connectivity index (χ2n) is 9.06. The summed E-state index contributed by atoms with van der Waals surface area (Å²) in [5.41, 5.74) is 5.85. The maximum Gasteiger partial charge on any atom is 0.223 e. The van der Waals surface area contributed by atoms with Gasteiger partial charge in [0, 0.05) is 57.7 Å². The fraction of sp³-hybridized carbons (Fsp3) is 0.296. The molecule has 0 radical (unpaired) electrons. The van der Waals surface area contributed by atoms with Crippen molar-refractivity contribution in [1.82, 2.24) is 24.9 Å². The van der Waals surface area contributed by atoms with E-state index >= 15 is 0 Å². The van der Waals surface area contributed by atoms with Crippen molar-refractivity contribution in [3.8, 4) is 28.3 Å². The van der Waals surface area contributed by atoms with Gasteiger partial charge in [0.2, 0.25) is 5.95 Å². The molecular formula is C27H28N6O. The number of aromatic amines is 2. The zero-order chi connectivity index (χ0) is 22.9. The third kappa shape index (κ3) is 3.98. The molecule has 3 N–H and O–H groups in total. The highest BCUT2D eigenvalue weighted by molar-refractivity contribution is 5.96. The van der Waals surface area contributed by atoms with Crippen LogP contribution < -0.4 is 10.1 Å². The first kappa shape index (κ1) is 20.7. The summed E-state index contributed by atoms with van der Waals surface area (Å²) < 4.78 is 5.37. The van der Waals surface area contributed by atoms with Crippen LogP contribution in [0.1, 0.15) is 38.5 Å². The topological polar surface area (TPSA) is 91.5 Å². The lowest BCUT2D eigenvalue weighted by atomic mass is 10.1. The molecule has 0 unspecified atom stereocenters. The highest BCUT2D eigenvalue weighted by Gasteiger charge is 2.15. The Morgan fingerprint density at radius 1 is 1.00 bits per heavy atom. The number of hydrogen-bond donors (Lipinski definition) is 3. The molecule has 1 aliphatic carbocycles. The van der Waals surface area contributed by atoms with Crippen LogP contribution in [0.4, 0.5) is 5.95 Å². The molecule has 0 bridgehead atoms. The Labute approximate surface area is 198 Å². The molecule has 1 aliphatic rings. The van der Waals surface area contributed by atoms with E-state index in [9.17, 15) is 0 Å². The lowest BCUT2D eigenvalue weighted by Gasteiger charge is -2.16. The highest BCUT2D eigenvalue weighted by Crippen LogP contribution is 2.32. The van der Waals surface area contributed by atoms with Crippen molar-refractivity contribution in [1.29, 1.82) is 0 Å². The SMILES string of the molecule is COc1ccc2[nH]c(-c3cnc4[nH]cc(-c5ccnc(NC6CCCCCC6)n5)c4c3)cc2c1. The number of hydrogen-bond acceptors (Lipinski definition) is 5. The van der Waals surface area contributed by atoms with Crippen molar-refractivity contribution < 1.29 is 4.74 Å². The summed E-state index contributed by atoms with van der Waals surface area (Å²) in [4.78, 5) is 20.8. The standard InChI is InChI=1S/C27H28N6O/c1-34-20-8-9-23-17(12-20)14-25(32-23)18-13-21-22(16-30-26(21)29-15-18)24-10-11-28-27(33-24)31-19-6-4-2-3-5-7-19/h8-16,19,32H,2-7H2,1H3,(H,29,30)(H,28,31,33). The maximum absolute atomic E-state index is 5.37. The van der Waals surface area contributed by atoms with Gasteiger partial charge in [-0.1, -0.05) is 25.7 Å². The number of rotatable bonds is 5. The number of ether oxygens (including phenoxy) is 1. The average Bonchev–Trinajstić information content (AvgIpc) is 3.40. The first-order valence-corrected chi connectivity index (χ1v) is 12.0. The number of aromatic nitrogens is 5. The number of pyridine rings is 1. The Hall–Kier alpha value is -3.87. The van der Waals surface area contributed by atoms with Crippen molar-refractivity contribution >= 4 is 27.9 Å². The molecule has 1 aromatic carbocycles. The molecule has 1 fully saturated rings. The van der Waals surface area contributed by atoms with Gasteiger partial charge in [0.15, 0.2) is 0 Å². The normalized spacial score (nSPS) is 15.0. The van der Waals surface area contributed by atoms with Gasteiger partial charge < -0.3 is 20.0 Å². The zero-order valence-electron chi connectivity index (χ0n) is 19.3. The Kier molecular flexibility index (Phi) is 5.37. The Morgan fingerprint density at radius 2 is 1.88 bits per heavy atom. The van der Waals surface area contributed by atoms with E-state index in [0.717, 1.165) is 50.2 Å². The molecule has 0 aliphatic heterocycles. The van der Waals surface area contributed by atoms with Crippen LogP contribution in [0.15, 0.2) is 55.0 Å². The Balaban J connectivity index is 1.33. The van der Waals surface area contributed by atoms with Crippen molar-refractivity contribution in [2.24, 2.45) is 0 Å². The molecule has 34 heavy (non-hydrogen) atoms. The van der Waals surface area contributed by atoms with Gasteiger partial charge in [-0.25, -0.2) is 15.0 Å². The minimum absolute atomic E-state index is 0.453. The van der Waals surface area contributed by atoms with Gasteiger partial charge in [-0.3, -0.25) is 0 Å². The minimum Gasteiger partial charge on any atom is -0.497 e. The molecule has 7 heteroatoms. The number of nitrogens with one attached hydrogen (secondary N) is 3. The summed E-state index contributed by atoms with van der Waals surface area (Å²) in [7, 11) is 1.69. The van der Waals surface area contributed by atoms with E-state index in [1.165, 1.54) is 38.5 Å². The second-order valence-corrected chi connectivity index (χ2v) is 9.06. The van der Waals surface area contributed by atoms with Crippen LogP contribution >= 0.6 is 0 Å². The summed E-state index contributed by atoms with van der Waals surface area (Å²) in [5.74, 6) is 1.55. The monoisotopic (exact) mass is 452 g/mol. The molecule has 0 amide bonds. The van der Waals surface area contributed by atoms with Gasteiger partial charge in [-0.15, -0.1) is 0 Å². The van der Waals surface area contributed by atoms with Crippen molar-refractivity contribution in [2.75, 3.05) is 12.4 Å². The van der Waals surface area contributed by atoms with E-state index in [0.29, 0.717) is 12.0 Å². The number of benzene rings is 1. The lowest BCUT2D eigenvalue weighted by molar-refractivity contribution is 0.415. The predicted octanol–water partition coefficient (Wildman–Crippen LogP) is 6.31. The van der Waals surface area contributed by atoms with Crippen LogP contribution in [-0.4, -0.2) is 38.1 Å². The molecule has 6 rings (SSSR count). The summed E-state index contributed by atoms with van der Waals surface area (Å²) in [5, 5.41) is 5.71. The van der Waals surface area contributed by atoms with Crippen molar-refractivity contribution in [3.05, 3.63) is 55.0 Å². The summed E-state index contributed by atoms with van der Waals surface area (Å²) in [6.07, 6.45) is 13.3. The fourth-order valence-electron chi connectivity index (χ4n) is 4.94. The summed E-state index contributed by atoms with van der Waals surface area (Å²) >= 11 is 0. The van der Waals surface area contributed by atoms with E-state index < -0.39 is 0 Å². The van der Waals surface area contributed by atoms with Gasteiger partial charge in [0.1, 0.15) is 11.4 Å². The smallest absolute Gasteiger partial charge is 0.223 e. The Bertz CT molecular complexity index is 1440. The first-order valence-electron chi connectivity index (χ1n) is 12.0. The molecule has 0 atom stereocenters. The van der Waals surface area contributed by atoms with Gasteiger partial charge >= 0.3 is 0 Å². The summed E-state index contributed by atoms with van der Waals surface area (Å²) in [6.45, 7) is 0. The predicted molar refractivity (Wildman–Crippen MR) is 136 cm³/mol. The van der Waals surface area contributed by atoms with Crippen LogP contribution in [0.2, 0.25) is 0 Å². The van der Waals surface area contributed by atoms with Crippen LogP contribution in [0.5, 0.6) is 5.75 Å². The third-order valence-electron chi connectivity index (χ3n) is 6.79. The summed E-state index contributed by atoms with van der Waals surface area (Å²) in [6, 6.07) is 12.7. The van der Waals surface area contributed by atoms with E-state index in [2.05, 4.69) is 37.4 Å². The quantitative estimate of drug-likeness (QED) is 0.272. The van der Waals surface area contributed by atoms with Gasteiger partial charge in [0.25, 0.3) is 0 Å². The number of H-pyrrole nitrogens is 2. The number of methoxy groups -OCH3 is 1. The molecule has 4 heterocycles. The molecule has 0 spiro atoms. The third-order valence-corrected chi connectivity index (χ3v) is 6.79. The van der Waals surface area contributed by atoms with Crippen LogP contribution in [0, 0.1) is 0 Å². The molecule has 1 saturated carbocycles. The van der Waals surface area contributed by atoms with Crippen molar-refractivity contribution in [3.63, 3.8) is 0 Å². The van der Waals surface area contributed by atoms with E-state index in [4.69, 9.17) is 9.72 Å². The highest BCUT2D eigenvalue weighted by atomic mass is 16.5. The van der Waals surface area contributed by atoms with Crippen molar-refractivity contribution in [2.45, 2.75) is 44.6 Å². The van der Waals surface area contributed by atoms with Crippen LogP contribution in [-0.2, 0) is 0 Å². The molecule has 7 nitrogen and oxygen atoms in total. The molecule has 172 valence electrons. The average molecular weight is 453 g/mol. The molecule has 5 aromatic rings. The number of anilines is 1. The zero-order valence-corrected chi connectivity index (χ0v) is 19.3. The first-order chi connectivity index (χ1) is 16.8. The van der Waals surface area contributed by atoms with Crippen LogP contribution in [0.25, 0.3) is 44.5 Å². The van der Waals surface area contributed by atoms with Crippen LogP contribution in [0.3, 0.4) is 0 Å². The molecule has 0 saturated heterocycles. The maximum atomic E-state index is 5.37. The second kappa shape index (κ2) is 8.82. The fourth-order valence-corrected chi connectivity index (χ4v) is 4.94. The number of nitrogens with zero attached hydrogens (tertiary/aromatic N) is 3. The van der Waals surface area contributed by atoms with E-state index in [1.54, 1.807) is 7.11 Å². The van der Waals surface area contributed by atoms with Gasteiger partial charge in [-0.2, -0.15) is 0 Å². The van der Waals surface area contributed by atoms with E-state index in [-0.39, 0.29) is 0 Å². The lowest BCUT2D eigenvalue weighted by Crippen LogP contribution is -2.19. The van der Waals surface area contributed by atoms with Gasteiger partial charge in [0.05, 0.1) is 12.8 Å². The largest absolute Gasteiger partial charge is 0.497 e. The Morgan fingerprint density at radius 3 is 2.74 bits per heavy atom. The molecular weight excluding hydrogens is 424 g/mol. The van der Waals surface area contributed by atoms with E-state index in [1.807, 2.05) is 42.9 Å².